The summed E-state index contributed by atoms with van der Waals surface area (Å²) in [4.78, 5) is 28.4. The average molecular weight is 318 g/mol. The highest BCUT2D eigenvalue weighted by atomic mass is 16.5. The Morgan fingerprint density at radius 1 is 1.30 bits per heavy atom. The zero-order valence-electron chi connectivity index (χ0n) is 13.3. The van der Waals surface area contributed by atoms with Crippen molar-refractivity contribution < 1.29 is 14.3 Å². The first-order valence-corrected chi connectivity index (χ1v) is 7.92. The van der Waals surface area contributed by atoms with Crippen LogP contribution in [0.3, 0.4) is 0 Å². The summed E-state index contributed by atoms with van der Waals surface area (Å²) in [6.07, 6.45) is 2.51. The van der Waals surface area contributed by atoms with Gasteiger partial charge < -0.3 is 10.1 Å². The van der Waals surface area contributed by atoms with Gasteiger partial charge in [0.2, 0.25) is 0 Å². The molecule has 2 aliphatic rings. The fraction of sp³-hybridized carbons (Fsp3) is 0.562. The van der Waals surface area contributed by atoms with Gasteiger partial charge in [0.25, 0.3) is 5.91 Å². The summed E-state index contributed by atoms with van der Waals surface area (Å²) in [6, 6.07) is 5.32. The molecule has 4 atom stereocenters. The monoisotopic (exact) mass is 318 g/mol. The zero-order valence-corrected chi connectivity index (χ0v) is 13.3. The molecule has 0 bridgehead atoms. The number of rotatable bonds is 3. The van der Waals surface area contributed by atoms with E-state index in [0.29, 0.717) is 5.69 Å². The third-order valence-corrected chi connectivity index (χ3v) is 4.66. The van der Waals surface area contributed by atoms with Gasteiger partial charge in [-0.2, -0.15) is 0 Å². The molecule has 2 heterocycles. The second kappa shape index (κ2) is 6.64. The number of hydrogen-bond donors (Lipinski definition) is 3. The van der Waals surface area contributed by atoms with E-state index in [4.69, 9.17) is 4.74 Å². The molecule has 23 heavy (non-hydrogen) atoms. The van der Waals surface area contributed by atoms with E-state index in [2.05, 4.69) is 21.2 Å². The van der Waals surface area contributed by atoms with Crippen molar-refractivity contribution in [1.29, 1.82) is 0 Å². The van der Waals surface area contributed by atoms with Gasteiger partial charge in [-0.3, -0.25) is 15.0 Å². The maximum absolute atomic E-state index is 12.3. The highest BCUT2D eigenvalue weighted by Gasteiger charge is 2.44. The molecule has 3 rings (SSSR count). The Bertz CT molecular complexity index is 607. The molecule has 2 fully saturated rings. The van der Waals surface area contributed by atoms with Crippen LogP contribution in [0.1, 0.15) is 35.4 Å². The molecule has 1 aromatic heterocycles. The Morgan fingerprint density at radius 2 is 2.13 bits per heavy atom. The second-order valence-electron chi connectivity index (χ2n) is 6.21. The van der Waals surface area contributed by atoms with Crippen LogP contribution in [-0.4, -0.2) is 42.1 Å². The summed E-state index contributed by atoms with van der Waals surface area (Å²) in [7, 11) is 1.39. The SMILES string of the molecule is COC(=O)C1NNC2CCC(NC(=O)c3cccc(C)n3)CC21. The number of hydrogen-bond acceptors (Lipinski definition) is 6. The summed E-state index contributed by atoms with van der Waals surface area (Å²) >= 11 is 0. The number of pyridine rings is 1. The summed E-state index contributed by atoms with van der Waals surface area (Å²) in [5.74, 6) is -0.310. The van der Waals surface area contributed by atoms with Gasteiger partial charge in [-0.25, -0.2) is 10.4 Å². The van der Waals surface area contributed by atoms with Gasteiger partial charge in [0.15, 0.2) is 0 Å². The molecule has 1 aliphatic carbocycles. The number of carbonyl (C=O) groups excluding carboxylic acids is 2. The minimum Gasteiger partial charge on any atom is -0.468 e. The average Bonchev–Trinajstić information content (AvgIpc) is 2.97. The minimum atomic E-state index is -0.359. The maximum atomic E-state index is 12.3. The molecular formula is C16H22N4O3. The first-order valence-electron chi connectivity index (χ1n) is 7.92. The number of aryl methyl sites for hydroxylation is 1. The number of carbonyl (C=O) groups is 2. The Hall–Kier alpha value is -1.99. The molecule has 7 heteroatoms. The van der Waals surface area contributed by atoms with E-state index in [9.17, 15) is 9.59 Å². The van der Waals surface area contributed by atoms with Crippen LogP contribution < -0.4 is 16.2 Å². The highest BCUT2D eigenvalue weighted by Crippen LogP contribution is 2.31. The standard InChI is InChI=1S/C16H22N4O3/c1-9-4-3-5-13(17-9)15(21)18-10-6-7-12-11(8-10)14(20-19-12)16(22)23-2/h3-5,10-12,14,19-20H,6-8H2,1-2H3,(H,18,21). The molecule has 1 saturated heterocycles. The second-order valence-corrected chi connectivity index (χ2v) is 6.21. The summed E-state index contributed by atoms with van der Waals surface area (Å²) in [5.41, 5.74) is 7.42. The fourth-order valence-corrected chi connectivity index (χ4v) is 3.48. The first kappa shape index (κ1) is 15.9. The summed E-state index contributed by atoms with van der Waals surface area (Å²) < 4.78 is 4.84. The zero-order chi connectivity index (χ0) is 16.4. The van der Waals surface area contributed by atoms with Crippen LogP contribution in [0.25, 0.3) is 0 Å². The largest absolute Gasteiger partial charge is 0.468 e. The number of methoxy groups -OCH3 is 1. The van der Waals surface area contributed by atoms with Crippen molar-refractivity contribution in [2.45, 2.75) is 44.3 Å². The Morgan fingerprint density at radius 3 is 2.87 bits per heavy atom. The maximum Gasteiger partial charge on any atom is 0.324 e. The topological polar surface area (TPSA) is 92.4 Å². The number of amides is 1. The number of ether oxygens (including phenoxy) is 1. The smallest absolute Gasteiger partial charge is 0.324 e. The number of hydrazine groups is 1. The van der Waals surface area contributed by atoms with Gasteiger partial charge in [-0.05, 0) is 38.3 Å². The number of nitrogens with one attached hydrogen (secondary N) is 3. The lowest BCUT2D eigenvalue weighted by Gasteiger charge is -2.32. The van der Waals surface area contributed by atoms with E-state index in [1.807, 2.05) is 19.1 Å². The van der Waals surface area contributed by atoms with Gasteiger partial charge >= 0.3 is 5.97 Å². The molecule has 1 aromatic rings. The van der Waals surface area contributed by atoms with Crippen LogP contribution in [-0.2, 0) is 9.53 Å². The van der Waals surface area contributed by atoms with Crippen LogP contribution >= 0.6 is 0 Å². The first-order chi connectivity index (χ1) is 11.1. The number of fused-ring (bicyclic) bond motifs is 1. The lowest BCUT2D eigenvalue weighted by Crippen LogP contribution is -2.46. The number of aromatic nitrogens is 1. The lowest BCUT2D eigenvalue weighted by atomic mass is 9.79. The van der Waals surface area contributed by atoms with Gasteiger partial charge in [-0.15, -0.1) is 0 Å². The van der Waals surface area contributed by atoms with Crippen molar-refractivity contribution in [1.82, 2.24) is 21.2 Å². The molecule has 1 saturated carbocycles. The third kappa shape index (κ3) is 3.35. The number of esters is 1. The van der Waals surface area contributed by atoms with Crippen molar-refractivity contribution in [3.63, 3.8) is 0 Å². The molecule has 1 aliphatic heterocycles. The van der Waals surface area contributed by atoms with Crippen molar-refractivity contribution in [3.05, 3.63) is 29.6 Å². The van der Waals surface area contributed by atoms with Crippen LogP contribution in [0.15, 0.2) is 18.2 Å². The highest BCUT2D eigenvalue weighted by molar-refractivity contribution is 5.92. The Kier molecular flexibility index (Phi) is 4.58. The molecule has 0 aromatic carbocycles. The van der Waals surface area contributed by atoms with Crippen molar-refractivity contribution in [2.24, 2.45) is 5.92 Å². The van der Waals surface area contributed by atoms with Crippen LogP contribution in [0, 0.1) is 12.8 Å². The van der Waals surface area contributed by atoms with Crippen molar-refractivity contribution in [3.8, 4) is 0 Å². The normalized spacial score (nSPS) is 29.7. The number of nitrogens with zero attached hydrogens (tertiary/aromatic N) is 1. The minimum absolute atomic E-state index is 0.0416. The molecule has 0 spiro atoms. The molecule has 124 valence electrons. The van der Waals surface area contributed by atoms with E-state index in [1.165, 1.54) is 7.11 Å². The Labute approximate surface area is 135 Å². The predicted octanol–water partition coefficient (Wildman–Crippen LogP) is 0.307. The van der Waals surface area contributed by atoms with Gasteiger partial charge in [0.05, 0.1) is 7.11 Å². The van der Waals surface area contributed by atoms with Gasteiger partial charge in [0.1, 0.15) is 11.7 Å². The summed E-state index contributed by atoms with van der Waals surface area (Å²) in [6.45, 7) is 1.86. The Balaban J connectivity index is 1.64. The fourth-order valence-electron chi connectivity index (χ4n) is 3.48. The van der Waals surface area contributed by atoms with E-state index < -0.39 is 0 Å². The van der Waals surface area contributed by atoms with Crippen molar-refractivity contribution >= 4 is 11.9 Å². The molecule has 3 N–H and O–H groups in total. The predicted molar refractivity (Wildman–Crippen MR) is 83.4 cm³/mol. The van der Waals surface area contributed by atoms with Crippen LogP contribution in [0.2, 0.25) is 0 Å². The van der Waals surface area contributed by atoms with Gasteiger partial charge in [0, 0.05) is 23.7 Å². The van der Waals surface area contributed by atoms with Gasteiger partial charge in [-0.1, -0.05) is 6.07 Å². The molecule has 7 nitrogen and oxygen atoms in total. The van der Waals surface area contributed by atoms with E-state index >= 15 is 0 Å². The quantitative estimate of drug-likeness (QED) is 0.695. The third-order valence-electron chi connectivity index (χ3n) is 4.66. The van der Waals surface area contributed by atoms with E-state index in [0.717, 1.165) is 25.0 Å². The van der Waals surface area contributed by atoms with Crippen LogP contribution in [0.5, 0.6) is 0 Å². The molecule has 4 unspecified atom stereocenters. The van der Waals surface area contributed by atoms with E-state index in [-0.39, 0.29) is 35.9 Å². The molecule has 1 amide bonds. The lowest BCUT2D eigenvalue weighted by molar-refractivity contribution is -0.144. The van der Waals surface area contributed by atoms with Crippen molar-refractivity contribution in [2.75, 3.05) is 7.11 Å². The summed E-state index contributed by atoms with van der Waals surface area (Å²) in [5, 5.41) is 3.04. The molecular weight excluding hydrogens is 296 g/mol. The van der Waals surface area contributed by atoms with E-state index in [1.54, 1.807) is 6.07 Å². The molecule has 0 radical (unpaired) electrons. The van der Waals surface area contributed by atoms with Crippen LogP contribution in [0.4, 0.5) is 0 Å².